The Morgan fingerprint density at radius 1 is 1.24 bits per heavy atom. The molecule has 1 atom stereocenters. The number of carbonyl (C=O) groups excluding carboxylic acids is 1. The van der Waals surface area contributed by atoms with E-state index in [1.165, 1.54) is 17.8 Å². The molecule has 34 heavy (non-hydrogen) atoms. The maximum atomic E-state index is 14.0. The van der Waals surface area contributed by atoms with Crippen molar-refractivity contribution in [2.75, 3.05) is 30.1 Å². The van der Waals surface area contributed by atoms with Crippen LogP contribution in [0.25, 0.3) is 0 Å². The predicted octanol–water partition coefficient (Wildman–Crippen LogP) is 5.89. The third-order valence-corrected chi connectivity index (χ3v) is 8.23. The van der Waals surface area contributed by atoms with Crippen molar-refractivity contribution < 1.29 is 27.1 Å². The van der Waals surface area contributed by atoms with Crippen molar-refractivity contribution in [2.45, 2.75) is 42.9 Å². The van der Waals surface area contributed by atoms with Gasteiger partial charge in [0.25, 0.3) is 0 Å². The monoisotopic (exact) mass is 507 g/mol. The quantitative estimate of drug-likeness (QED) is 0.181. The molecule has 184 valence electrons. The SMILES string of the molecule is CCCCC1CN(c2ccccc2)c2cc(SC)c(O/C=C(\F)C(=O)OCC)cc2S(=O)(=O)C1. The third-order valence-electron chi connectivity index (χ3n) is 5.56. The van der Waals surface area contributed by atoms with Gasteiger partial charge < -0.3 is 14.4 Å². The van der Waals surface area contributed by atoms with Crippen LogP contribution in [0, 0.1) is 5.92 Å². The molecule has 0 aromatic heterocycles. The number of rotatable bonds is 9. The molecule has 0 saturated heterocycles. The second-order valence-electron chi connectivity index (χ2n) is 8.01. The molecule has 0 amide bonds. The van der Waals surface area contributed by atoms with Crippen LogP contribution in [0.5, 0.6) is 5.75 Å². The molecular formula is C25H30FNO5S2. The molecule has 3 rings (SSSR count). The van der Waals surface area contributed by atoms with Gasteiger partial charge in [-0.1, -0.05) is 38.0 Å². The second-order valence-corrected chi connectivity index (χ2v) is 10.9. The van der Waals surface area contributed by atoms with E-state index in [9.17, 15) is 17.6 Å². The number of halogens is 1. The molecule has 0 fully saturated rings. The first-order chi connectivity index (χ1) is 16.3. The van der Waals surface area contributed by atoms with Crippen molar-refractivity contribution in [3.63, 3.8) is 0 Å². The van der Waals surface area contributed by atoms with Gasteiger partial charge in [-0.05, 0) is 43.7 Å². The van der Waals surface area contributed by atoms with E-state index < -0.39 is 21.6 Å². The van der Waals surface area contributed by atoms with Gasteiger partial charge in [0, 0.05) is 18.3 Å². The zero-order valence-corrected chi connectivity index (χ0v) is 21.3. The molecule has 1 aliphatic rings. The average Bonchev–Trinajstić information content (AvgIpc) is 2.94. The number of carbonyl (C=O) groups is 1. The van der Waals surface area contributed by atoms with Gasteiger partial charge in [-0.25, -0.2) is 13.2 Å². The van der Waals surface area contributed by atoms with Crippen LogP contribution in [0.3, 0.4) is 0 Å². The molecule has 6 nitrogen and oxygen atoms in total. The molecule has 0 N–H and O–H groups in total. The van der Waals surface area contributed by atoms with Crippen molar-refractivity contribution in [3.05, 3.63) is 54.6 Å². The van der Waals surface area contributed by atoms with Gasteiger partial charge in [0.2, 0.25) is 5.83 Å². The summed E-state index contributed by atoms with van der Waals surface area (Å²) in [5.41, 5.74) is 1.47. The van der Waals surface area contributed by atoms with Crippen molar-refractivity contribution in [1.82, 2.24) is 0 Å². The van der Waals surface area contributed by atoms with Crippen LogP contribution in [0.1, 0.15) is 33.1 Å². The minimum Gasteiger partial charge on any atom is -0.461 e. The van der Waals surface area contributed by atoms with Gasteiger partial charge >= 0.3 is 5.97 Å². The van der Waals surface area contributed by atoms with Crippen LogP contribution in [-0.4, -0.2) is 39.5 Å². The number of hydrogen-bond donors (Lipinski definition) is 0. The van der Waals surface area contributed by atoms with E-state index in [1.807, 2.05) is 41.5 Å². The maximum Gasteiger partial charge on any atom is 0.370 e. The predicted molar refractivity (Wildman–Crippen MR) is 133 cm³/mol. The number of fused-ring (bicyclic) bond motifs is 1. The molecule has 1 heterocycles. The lowest BCUT2D eigenvalue weighted by atomic mass is 10.0. The zero-order chi connectivity index (χ0) is 24.7. The lowest BCUT2D eigenvalue weighted by molar-refractivity contribution is -0.140. The smallest absolute Gasteiger partial charge is 0.370 e. The van der Waals surface area contributed by atoms with Crippen LogP contribution < -0.4 is 9.64 Å². The highest BCUT2D eigenvalue weighted by molar-refractivity contribution is 7.98. The van der Waals surface area contributed by atoms with E-state index in [4.69, 9.17) is 4.74 Å². The highest BCUT2D eigenvalue weighted by Gasteiger charge is 2.33. The first-order valence-corrected chi connectivity index (χ1v) is 14.1. The van der Waals surface area contributed by atoms with Crippen molar-refractivity contribution in [1.29, 1.82) is 0 Å². The summed E-state index contributed by atoms with van der Waals surface area (Å²) >= 11 is 1.34. The Hall–Kier alpha value is -2.52. The Balaban J connectivity index is 2.10. The molecule has 2 aromatic carbocycles. The molecule has 0 aliphatic carbocycles. The lowest BCUT2D eigenvalue weighted by Gasteiger charge is -2.28. The molecule has 2 aromatic rings. The standard InChI is InChI=1S/C25H30FNO5S2/c1-4-6-10-18-15-27(19-11-8-7-9-12-19)21-13-23(33-3)22(14-24(21)34(29,30)17-18)32-16-20(26)25(28)31-5-2/h7-9,11-14,16,18H,4-6,10,15,17H2,1-3H3/b20-16-. The first-order valence-electron chi connectivity index (χ1n) is 11.3. The number of ether oxygens (including phenoxy) is 2. The van der Waals surface area contributed by atoms with E-state index in [1.54, 1.807) is 13.0 Å². The molecule has 0 saturated carbocycles. The Labute approximate surface area is 205 Å². The summed E-state index contributed by atoms with van der Waals surface area (Å²) in [6, 6.07) is 12.9. The van der Waals surface area contributed by atoms with Crippen molar-refractivity contribution in [2.24, 2.45) is 5.92 Å². The average molecular weight is 508 g/mol. The summed E-state index contributed by atoms with van der Waals surface area (Å²) in [7, 11) is -3.65. The van der Waals surface area contributed by atoms with E-state index in [2.05, 4.69) is 11.7 Å². The zero-order valence-electron chi connectivity index (χ0n) is 19.6. The highest BCUT2D eigenvalue weighted by atomic mass is 32.2. The summed E-state index contributed by atoms with van der Waals surface area (Å²) in [6.07, 6.45) is 5.21. The second kappa shape index (κ2) is 11.8. The van der Waals surface area contributed by atoms with Gasteiger partial charge in [0.05, 0.1) is 27.8 Å². The third kappa shape index (κ3) is 6.13. The summed E-state index contributed by atoms with van der Waals surface area (Å²) in [5, 5.41) is 0. The molecule has 9 heteroatoms. The fraction of sp³-hybridized carbons (Fsp3) is 0.400. The minimum atomic E-state index is -3.65. The normalized spacial score (nSPS) is 17.6. The van der Waals surface area contributed by atoms with Gasteiger partial charge in [0.1, 0.15) is 12.0 Å². The number of unbranched alkanes of at least 4 members (excludes halogenated alkanes) is 1. The number of sulfone groups is 1. The topological polar surface area (TPSA) is 72.9 Å². The van der Waals surface area contributed by atoms with Crippen LogP contribution in [0.15, 0.2) is 64.3 Å². The van der Waals surface area contributed by atoms with E-state index in [0.29, 0.717) is 23.4 Å². The van der Waals surface area contributed by atoms with Crippen LogP contribution >= 0.6 is 11.8 Å². The fourth-order valence-electron chi connectivity index (χ4n) is 3.93. The summed E-state index contributed by atoms with van der Waals surface area (Å²) in [5.74, 6) is -2.19. The summed E-state index contributed by atoms with van der Waals surface area (Å²) in [6.45, 7) is 4.26. The van der Waals surface area contributed by atoms with Gasteiger partial charge in [0.15, 0.2) is 9.84 Å². The maximum absolute atomic E-state index is 14.0. The first kappa shape index (κ1) is 26.1. The largest absolute Gasteiger partial charge is 0.461 e. The van der Waals surface area contributed by atoms with Gasteiger partial charge in [-0.2, -0.15) is 4.39 Å². The van der Waals surface area contributed by atoms with Crippen molar-refractivity contribution >= 4 is 38.9 Å². The molecule has 0 radical (unpaired) electrons. The van der Waals surface area contributed by atoms with E-state index in [0.717, 1.165) is 24.9 Å². The molecule has 1 unspecified atom stereocenters. The van der Waals surface area contributed by atoms with Gasteiger partial charge in [-0.15, -0.1) is 11.8 Å². The number of benzene rings is 2. The minimum absolute atomic E-state index is 0.0222. The molecular weight excluding hydrogens is 477 g/mol. The Morgan fingerprint density at radius 2 is 1.97 bits per heavy atom. The molecule has 0 bridgehead atoms. The van der Waals surface area contributed by atoms with Crippen LogP contribution in [-0.2, 0) is 19.4 Å². The molecule has 1 aliphatic heterocycles. The van der Waals surface area contributed by atoms with E-state index >= 15 is 0 Å². The number of para-hydroxylation sites is 1. The highest BCUT2D eigenvalue weighted by Crippen LogP contribution is 2.43. The Kier molecular flexibility index (Phi) is 9.02. The Bertz CT molecular complexity index is 1140. The molecule has 0 spiro atoms. The van der Waals surface area contributed by atoms with Crippen LogP contribution in [0.4, 0.5) is 15.8 Å². The van der Waals surface area contributed by atoms with E-state index in [-0.39, 0.29) is 28.9 Å². The van der Waals surface area contributed by atoms with Gasteiger partial charge in [-0.3, -0.25) is 0 Å². The van der Waals surface area contributed by atoms with Crippen molar-refractivity contribution in [3.8, 4) is 5.75 Å². The number of hydrogen-bond acceptors (Lipinski definition) is 7. The number of thioether (sulfide) groups is 1. The number of nitrogens with zero attached hydrogens (tertiary/aromatic N) is 1. The lowest BCUT2D eigenvalue weighted by Crippen LogP contribution is -2.26. The fourth-order valence-corrected chi connectivity index (χ4v) is 6.32. The number of esters is 1. The Morgan fingerprint density at radius 3 is 2.62 bits per heavy atom. The summed E-state index contributed by atoms with van der Waals surface area (Å²) in [4.78, 5) is 14.4. The summed E-state index contributed by atoms with van der Waals surface area (Å²) < 4.78 is 51.1. The van der Waals surface area contributed by atoms with Crippen LogP contribution in [0.2, 0.25) is 0 Å². The number of anilines is 2.